The molecule has 3 heterocycles. The van der Waals surface area contributed by atoms with Crippen LogP contribution >= 0.6 is 0 Å². The first-order valence-electron chi connectivity index (χ1n) is 8.74. The lowest BCUT2D eigenvalue weighted by Crippen LogP contribution is -2.32. The predicted molar refractivity (Wildman–Crippen MR) is 94.7 cm³/mol. The van der Waals surface area contributed by atoms with Gasteiger partial charge in [0.15, 0.2) is 0 Å². The molecule has 7 heteroatoms. The molecule has 2 atom stereocenters. The molecule has 0 spiro atoms. The van der Waals surface area contributed by atoms with E-state index in [1.807, 2.05) is 24.3 Å². The number of hydrogen-bond donors (Lipinski definition) is 3. The number of ether oxygens (including phenoxy) is 1. The molecule has 132 valence electrons. The van der Waals surface area contributed by atoms with E-state index in [4.69, 9.17) is 21.3 Å². The minimum Gasteiger partial charge on any atom is -0.493 e. The first kappa shape index (κ1) is 16.0. The van der Waals surface area contributed by atoms with E-state index in [0.717, 1.165) is 43.7 Å². The van der Waals surface area contributed by atoms with Gasteiger partial charge in [0.2, 0.25) is 0 Å². The summed E-state index contributed by atoms with van der Waals surface area (Å²) < 4.78 is 7.65. The Morgan fingerprint density at radius 3 is 2.96 bits per heavy atom. The topological polar surface area (TPSA) is 108 Å². The van der Waals surface area contributed by atoms with Gasteiger partial charge in [-0.05, 0) is 37.4 Å². The maximum absolute atomic E-state index is 12.1. The molecule has 0 aliphatic carbocycles. The monoisotopic (exact) mass is 341 g/mol. The lowest BCUT2D eigenvalue weighted by Gasteiger charge is -2.25. The van der Waals surface area contributed by atoms with E-state index in [0.29, 0.717) is 23.7 Å². The maximum Gasteiger partial charge on any atom is 0.254 e. The van der Waals surface area contributed by atoms with Gasteiger partial charge in [-0.3, -0.25) is 4.79 Å². The van der Waals surface area contributed by atoms with Gasteiger partial charge in [-0.15, -0.1) is 0 Å². The molecule has 1 saturated heterocycles. The molecule has 2 aliphatic rings. The van der Waals surface area contributed by atoms with Crippen molar-refractivity contribution in [1.29, 1.82) is 0 Å². The van der Waals surface area contributed by atoms with Gasteiger partial charge in [-0.1, -0.05) is 18.2 Å². The van der Waals surface area contributed by atoms with Crippen LogP contribution in [0.1, 0.15) is 46.4 Å². The van der Waals surface area contributed by atoms with Crippen LogP contribution in [0.15, 0.2) is 24.3 Å². The first-order valence-corrected chi connectivity index (χ1v) is 8.74. The number of hydrogen-bond acceptors (Lipinski definition) is 5. The summed E-state index contributed by atoms with van der Waals surface area (Å²) in [7, 11) is 0. The van der Waals surface area contributed by atoms with Crippen molar-refractivity contribution in [3.05, 3.63) is 41.1 Å². The third-order valence-electron chi connectivity index (χ3n) is 5.10. The van der Waals surface area contributed by atoms with E-state index in [9.17, 15) is 4.79 Å². The van der Waals surface area contributed by atoms with Gasteiger partial charge in [0.05, 0.1) is 18.3 Å². The van der Waals surface area contributed by atoms with Gasteiger partial charge < -0.3 is 21.5 Å². The number of carbonyl (C=O) groups is 1. The third kappa shape index (κ3) is 2.84. The number of amides is 1. The molecule has 2 unspecified atom stereocenters. The standard InChI is InChI=1S/C18H23N5O2/c19-17-15(18(20)24)16(22-23(17)13-5-3-7-21-9-13)12-8-11-4-1-2-6-14(11)25-10-12/h1-2,4,6,12-13,21H,3,5,7-10,19H2,(H2,20,24). The summed E-state index contributed by atoms with van der Waals surface area (Å²) in [4.78, 5) is 12.1. The summed E-state index contributed by atoms with van der Waals surface area (Å²) in [5.74, 6) is 0.706. The highest BCUT2D eigenvalue weighted by atomic mass is 16.5. The van der Waals surface area contributed by atoms with Crippen LogP contribution in [-0.4, -0.2) is 35.4 Å². The van der Waals surface area contributed by atoms with Crippen molar-refractivity contribution in [2.24, 2.45) is 5.73 Å². The highest BCUT2D eigenvalue weighted by Gasteiger charge is 2.32. The summed E-state index contributed by atoms with van der Waals surface area (Å²) in [5, 5.41) is 8.08. The first-order chi connectivity index (χ1) is 12.1. The molecule has 5 N–H and O–H groups in total. The molecule has 1 aromatic carbocycles. The molecular weight excluding hydrogens is 318 g/mol. The summed E-state index contributed by atoms with van der Waals surface area (Å²) in [6.45, 7) is 2.27. The normalized spacial score (nSPS) is 22.9. The van der Waals surface area contributed by atoms with E-state index in [-0.39, 0.29) is 12.0 Å². The summed E-state index contributed by atoms with van der Waals surface area (Å²) >= 11 is 0. The molecule has 7 nitrogen and oxygen atoms in total. The van der Waals surface area contributed by atoms with Crippen LogP contribution in [0.5, 0.6) is 5.75 Å². The average molecular weight is 341 g/mol. The van der Waals surface area contributed by atoms with Crippen LogP contribution in [0.25, 0.3) is 0 Å². The van der Waals surface area contributed by atoms with Crippen molar-refractivity contribution in [3.8, 4) is 5.75 Å². The van der Waals surface area contributed by atoms with Crippen LogP contribution in [0.3, 0.4) is 0 Å². The Kier molecular flexibility index (Phi) is 4.09. The van der Waals surface area contributed by atoms with Gasteiger partial charge in [0.25, 0.3) is 5.91 Å². The van der Waals surface area contributed by atoms with Crippen LogP contribution in [-0.2, 0) is 6.42 Å². The Labute approximate surface area is 146 Å². The summed E-state index contributed by atoms with van der Waals surface area (Å²) in [6.07, 6.45) is 2.81. The molecule has 0 bridgehead atoms. The van der Waals surface area contributed by atoms with Crippen LogP contribution in [0, 0.1) is 0 Å². The number of primary amides is 1. The number of carbonyl (C=O) groups excluding carboxylic acids is 1. The number of piperidine rings is 1. The van der Waals surface area contributed by atoms with Crippen molar-refractivity contribution >= 4 is 11.7 Å². The number of fused-ring (bicyclic) bond motifs is 1. The van der Waals surface area contributed by atoms with Crippen LogP contribution in [0.2, 0.25) is 0 Å². The van der Waals surface area contributed by atoms with Crippen molar-refractivity contribution in [1.82, 2.24) is 15.1 Å². The lowest BCUT2D eigenvalue weighted by atomic mass is 9.92. The van der Waals surface area contributed by atoms with Gasteiger partial charge >= 0.3 is 0 Å². The molecule has 1 amide bonds. The lowest BCUT2D eigenvalue weighted by molar-refractivity contribution is 0.0999. The summed E-state index contributed by atoms with van der Waals surface area (Å²) in [5.41, 5.74) is 14.0. The Morgan fingerprint density at radius 2 is 2.20 bits per heavy atom. The SMILES string of the molecule is NC(=O)c1c(C2COc3ccccc3C2)nn(C2CCCNC2)c1N. The fourth-order valence-corrected chi connectivity index (χ4v) is 3.83. The Bertz CT molecular complexity index is 795. The second-order valence-corrected chi connectivity index (χ2v) is 6.77. The van der Waals surface area contributed by atoms with E-state index in [1.54, 1.807) is 4.68 Å². The molecule has 1 fully saturated rings. The number of nitrogen functional groups attached to an aromatic ring is 1. The number of benzene rings is 1. The number of nitrogens with two attached hydrogens (primary N) is 2. The van der Waals surface area contributed by atoms with E-state index >= 15 is 0 Å². The van der Waals surface area contributed by atoms with Gasteiger partial charge in [-0.2, -0.15) is 5.10 Å². The molecular formula is C18H23N5O2. The molecule has 2 aliphatic heterocycles. The zero-order valence-electron chi connectivity index (χ0n) is 14.1. The molecule has 0 saturated carbocycles. The maximum atomic E-state index is 12.1. The Morgan fingerprint density at radius 1 is 1.36 bits per heavy atom. The molecule has 1 aromatic heterocycles. The molecule has 2 aromatic rings. The number of rotatable bonds is 3. The molecule has 0 radical (unpaired) electrons. The number of nitrogens with one attached hydrogen (secondary N) is 1. The van der Waals surface area contributed by atoms with E-state index in [1.165, 1.54) is 0 Å². The van der Waals surface area contributed by atoms with E-state index < -0.39 is 5.91 Å². The third-order valence-corrected chi connectivity index (χ3v) is 5.10. The molecule has 25 heavy (non-hydrogen) atoms. The zero-order chi connectivity index (χ0) is 17.4. The zero-order valence-corrected chi connectivity index (χ0v) is 14.1. The second kappa shape index (κ2) is 6.40. The van der Waals surface area contributed by atoms with Gasteiger partial charge in [0, 0.05) is 12.5 Å². The fraction of sp³-hybridized carbons (Fsp3) is 0.444. The highest BCUT2D eigenvalue weighted by Crippen LogP contribution is 2.35. The Balaban J connectivity index is 1.70. The number of para-hydroxylation sites is 1. The highest BCUT2D eigenvalue weighted by molar-refractivity contribution is 5.98. The fourth-order valence-electron chi connectivity index (χ4n) is 3.83. The van der Waals surface area contributed by atoms with E-state index in [2.05, 4.69) is 5.32 Å². The van der Waals surface area contributed by atoms with Gasteiger partial charge in [-0.25, -0.2) is 4.68 Å². The van der Waals surface area contributed by atoms with Crippen LogP contribution < -0.4 is 21.5 Å². The Hall–Kier alpha value is -2.54. The van der Waals surface area contributed by atoms with Gasteiger partial charge in [0.1, 0.15) is 17.1 Å². The predicted octanol–water partition coefficient (Wildman–Crippen LogP) is 1.21. The summed E-state index contributed by atoms with van der Waals surface area (Å²) in [6, 6.07) is 8.09. The quantitative estimate of drug-likeness (QED) is 0.777. The molecule has 4 rings (SSSR count). The average Bonchev–Trinajstić information content (AvgIpc) is 2.99. The van der Waals surface area contributed by atoms with Crippen molar-refractivity contribution in [3.63, 3.8) is 0 Å². The minimum absolute atomic E-state index is 0.0301. The van der Waals surface area contributed by atoms with Crippen molar-refractivity contribution in [2.75, 3.05) is 25.4 Å². The second-order valence-electron chi connectivity index (χ2n) is 6.77. The number of aromatic nitrogens is 2. The van der Waals surface area contributed by atoms with Crippen molar-refractivity contribution < 1.29 is 9.53 Å². The van der Waals surface area contributed by atoms with Crippen LogP contribution in [0.4, 0.5) is 5.82 Å². The minimum atomic E-state index is -0.527. The largest absolute Gasteiger partial charge is 0.493 e. The number of anilines is 1. The number of nitrogens with zero attached hydrogens (tertiary/aromatic N) is 2. The smallest absolute Gasteiger partial charge is 0.254 e. The van der Waals surface area contributed by atoms with Crippen molar-refractivity contribution in [2.45, 2.75) is 31.2 Å².